The Morgan fingerprint density at radius 1 is 1.00 bits per heavy atom. The molecule has 2 aliphatic rings. The van der Waals surface area contributed by atoms with Crippen molar-refractivity contribution in [2.24, 2.45) is 4.99 Å². The number of piperazine rings is 1. The molecule has 5 rings (SSSR count). The number of halogens is 2. The Labute approximate surface area is 224 Å². The van der Waals surface area contributed by atoms with Gasteiger partial charge in [-0.1, -0.05) is 41.9 Å². The third kappa shape index (κ3) is 5.92. The normalized spacial score (nSPS) is 16.8. The highest BCUT2D eigenvalue weighted by atomic mass is 35.5. The van der Waals surface area contributed by atoms with Crippen LogP contribution in [0.25, 0.3) is 6.08 Å². The van der Waals surface area contributed by atoms with Crippen LogP contribution in [-0.4, -0.2) is 49.3 Å². The van der Waals surface area contributed by atoms with E-state index in [2.05, 4.69) is 9.89 Å². The number of carbonyl (C=O) groups is 1. The predicted octanol–water partition coefficient (Wildman–Crippen LogP) is 5.86. The zero-order valence-corrected chi connectivity index (χ0v) is 21.8. The van der Waals surface area contributed by atoms with Crippen LogP contribution in [0.15, 0.2) is 76.6 Å². The van der Waals surface area contributed by atoms with Crippen LogP contribution in [0.2, 0.25) is 5.02 Å². The van der Waals surface area contributed by atoms with Gasteiger partial charge in [-0.3, -0.25) is 4.79 Å². The van der Waals surface area contributed by atoms with E-state index >= 15 is 0 Å². The fourth-order valence-corrected chi connectivity index (χ4v) is 5.26. The lowest BCUT2D eigenvalue weighted by Gasteiger charge is -2.36. The summed E-state index contributed by atoms with van der Waals surface area (Å²) >= 11 is 7.30. The number of amides is 1. The van der Waals surface area contributed by atoms with Gasteiger partial charge in [0.15, 0.2) is 16.7 Å². The lowest BCUT2D eigenvalue weighted by Crippen LogP contribution is -2.48. The lowest BCUT2D eigenvalue weighted by atomic mass is 10.2. The van der Waals surface area contributed by atoms with Crippen LogP contribution < -0.4 is 14.4 Å². The topological polar surface area (TPSA) is 54.4 Å². The predicted molar refractivity (Wildman–Crippen MR) is 147 cm³/mol. The molecule has 0 aromatic heterocycles. The van der Waals surface area contributed by atoms with E-state index in [0.29, 0.717) is 65.1 Å². The molecular formula is C28H25ClFN3O3S. The minimum Gasteiger partial charge on any atom is -0.493 e. The summed E-state index contributed by atoms with van der Waals surface area (Å²) in [4.78, 5) is 21.6. The highest BCUT2D eigenvalue weighted by molar-refractivity contribution is 8.18. The van der Waals surface area contributed by atoms with Crippen LogP contribution in [0, 0.1) is 5.82 Å². The summed E-state index contributed by atoms with van der Waals surface area (Å²) in [6.45, 7) is 3.01. The molecule has 0 N–H and O–H groups in total. The highest BCUT2D eigenvalue weighted by Gasteiger charge is 2.29. The zero-order valence-electron chi connectivity index (χ0n) is 20.2. The first kappa shape index (κ1) is 25.2. The SMILES string of the molecule is COc1cc(C=C2SC(N3CCN(c4ccccc4F)CC3)=NC2=O)ccc1OCc1ccc(Cl)cc1. The molecule has 0 bridgehead atoms. The number of anilines is 1. The second-order valence-corrected chi connectivity index (χ2v) is 10.0. The maximum atomic E-state index is 14.1. The molecule has 2 aliphatic heterocycles. The second kappa shape index (κ2) is 11.3. The second-order valence-electron chi connectivity index (χ2n) is 8.56. The molecule has 37 heavy (non-hydrogen) atoms. The molecule has 2 heterocycles. The van der Waals surface area contributed by atoms with Gasteiger partial charge in [-0.05, 0) is 65.4 Å². The molecule has 0 unspecified atom stereocenters. The van der Waals surface area contributed by atoms with Gasteiger partial charge in [-0.25, -0.2) is 4.39 Å². The quantitative estimate of drug-likeness (QED) is 0.367. The van der Waals surface area contributed by atoms with Crippen LogP contribution in [0.4, 0.5) is 10.1 Å². The maximum Gasteiger partial charge on any atom is 0.286 e. The molecule has 0 atom stereocenters. The van der Waals surface area contributed by atoms with Crippen molar-refractivity contribution in [3.8, 4) is 11.5 Å². The van der Waals surface area contributed by atoms with Crippen LogP contribution in [0.3, 0.4) is 0 Å². The largest absolute Gasteiger partial charge is 0.493 e. The van der Waals surface area contributed by atoms with Gasteiger partial charge in [-0.15, -0.1) is 0 Å². The molecule has 1 saturated heterocycles. The zero-order chi connectivity index (χ0) is 25.8. The fourth-order valence-electron chi connectivity index (χ4n) is 4.17. The molecule has 9 heteroatoms. The first-order chi connectivity index (χ1) is 18.0. The Kier molecular flexibility index (Phi) is 7.67. The number of methoxy groups -OCH3 is 1. The molecule has 6 nitrogen and oxygen atoms in total. The van der Waals surface area contributed by atoms with Gasteiger partial charge < -0.3 is 19.3 Å². The fraction of sp³-hybridized carbons (Fsp3) is 0.214. The van der Waals surface area contributed by atoms with Crippen LogP contribution in [-0.2, 0) is 11.4 Å². The van der Waals surface area contributed by atoms with Crippen LogP contribution in [0.5, 0.6) is 11.5 Å². The maximum absolute atomic E-state index is 14.1. The minimum absolute atomic E-state index is 0.222. The van der Waals surface area contributed by atoms with E-state index in [-0.39, 0.29) is 11.7 Å². The number of nitrogens with zero attached hydrogens (tertiary/aromatic N) is 3. The van der Waals surface area contributed by atoms with Gasteiger partial charge in [0.2, 0.25) is 0 Å². The van der Waals surface area contributed by atoms with Crippen molar-refractivity contribution >= 4 is 46.2 Å². The van der Waals surface area contributed by atoms with Gasteiger partial charge in [0.05, 0.1) is 17.7 Å². The average Bonchev–Trinajstić information content (AvgIpc) is 3.29. The Morgan fingerprint density at radius 3 is 2.46 bits per heavy atom. The van der Waals surface area contributed by atoms with Gasteiger partial charge in [0.25, 0.3) is 5.91 Å². The van der Waals surface area contributed by atoms with Crippen molar-refractivity contribution in [1.29, 1.82) is 0 Å². The van der Waals surface area contributed by atoms with Crippen molar-refractivity contribution < 1.29 is 18.7 Å². The highest BCUT2D eigenvalue weighted by Crippen LogP contribution is 2.34. The third-order valence-electron chi connectivity index (χ3n) is 6.15. The van der Waals surface area contributed by atoms with Crippen molar-refractivity contribution in [2.75, 3.05) is 38.2 Å². The number of hydrogen-bond donors (Lipinski definition) is 0. The van der Waals surface area contributed by atoms with E-state index in [1.54, 1.807) is 19.2 Å². The smallest absolute Gasteiger partial charge is 0.286 e. The first-order valence-corrected chi connectivity index (χ1v) is 13.0. The Balaban J connectivity index is 1.21. The van der Waals surface area contributed by atoms with Crippen molar-refractivity contribution in [3.05, 3.63) is 93.6 Å². The van der Waals surface area contributed by atoms with Gasteiger partial charge in [-0.2, -0.15) is 4.99 Å². The standard InChI is InChI=1S/C28H25ClFN3O3S/c1-35-25-16-20(8-11-24(25)36-18-19-6-9-21(29)10-7-19)17-26-27(34)31-28(37-26)33-14-12-32(13-15-33)23-5-3-2-4-22(23)30/h2-11,16-17H,12-15,18H2,1H3. The summed E-state index contributed by atoms with van der Waals surface area (Å²) in [6, 6.07) is 19.8. The molecular weight excluding hydrogens is 513 g/mol. The molecule has 1 amide bonds. The number of carbonyl (C=O) groups excluding carboxylic acids is 1. The average molecular weight is 538 g/mol. The number of ether oxygens (including phenoxy) is 2. The minimum atomic E-state index is -0.265. The van der Waals surface area contributed by atoms with Gasteiger partial charge >= 0.3 is 0 Å². The molecule has 0 spiro atoms. The number of hydrogen-bond acceptors (Lipinski definition) is 6. The number of thioether (sulfide) groups is 1. The lowest BCUT2D eigenvalue weighted by molar-refractivity contribution is -0.113. The Morgan fingerprint density at radius 2 is 1.73 bits per heavy atom. The molecule has 3 aromatic rings. The summed E-state index contributed by atoms with van der Waals surface area (Å²) in [7, 11) is 1.58. The van der Waals surface area contributed by atoms with Gasteiger partial charge in [0.1, 0.15) is 12.4 Å². The summed E-state index contributed by atoms with van der Waals surface area (Å²) in [6.07, 6.45) is 1.81. The van der Waals surface area contributed by atoms with Crippen molar-refractivity contribution in [2.45, 2.75) is 6.61 Å². The molecule has 0 aliphatic carbocycles. The van der Waals surface area contributed by atoms with Crippen LogP contribution >= 0.6 is 23.4 Å². The van der Waals surface area contributed by atoms with E-state index in [0.717, 1.165) is 11.1 Å². The monoisotopic (exact) mass is 537 g/mol. The first-order valence-electron chi connectivity index (χ1n) is 11.8. The van der Waals surface area contributed by atoms with E-state index in [1.807, 2.05) is 59.5 Å². The number of aliphatic imine (C=N–C) groups is 1. The number of benzene rings is 3. The van der Waals surface area contributed by atoms with E-state index in [9.17, 15) is 9.18 Å². The summed E-state index contributed by atoms with van der Waals surface area (Å²) in [5, 5.41) is 1.36. The molecule has 1 fully saturated rings. The van der Waals surface area contributed by atoms with E-state index < -0.39 is 0 Å². The summed E-state index contributed by atoms with van der Waals surface area (Å²) in [5.74, 6) is 0.693. The Hall–Kier alpha value is -3.49. The van der Waals surface area contributed by atoms with Crippen LogP contribution in [0.1, 0.15) is 11.1 Å². The molecule has 190 valence electrons. The summed E-state index contributed by atoms with van der Waals surface area (Å²) < 4.78 is 25.6. The number of rotatable bonds is 6. The van der Waals surface area contributed by atoms with E-state index in [4.69, 9.17) is 21.1 Å². The molecule has 0 radical (unpaired) electrons. The summed E-state index contributed by atoms with van der Waals surface area (Å²) in [5.41, 5.74) is 2.41. The van der Waals surface area contributed by atoms with Gasteiger partial charge in [0, 0.05) is 31.2 Å². The number of para-hydroxylation sites is 1. The Bertz CT molecular complexity index is 1360. The van der Waals surface area contributed by atoms with E-state index in [1.165, 1.54) is 17.8 Å². The van der Waals surface area contributed by atoms with Crippen molar-refractivity contribution in [3.63, 3.8) is 0 Å². The number of amidine groups is 1. The third-order valence-corrected chi connectivity index (χ3v) is 7.44. The van der Waals surface area contributed by atoms with Crippen molar-refractivity contribution in [1.82, 2.24) is 4.90 Å². The molecule has 0 saturated carbocycles. The molecule has 3 aromatic carbocycles.